The third-order valence-electron chi connectivity index (χ3n) is 7.74. The number of benzene rings is 2. The van der Waals surface area contributed by atoms with E-state index in [0.29, 0.717) is 23.4 Å². The molecule has 0 atom stereocenters. The van der Waals surface area contributed by atoms with Crippen LogP contribution in [-0.4, -0.2) is 80.3 Å². The summed E-state index contributed by atoms with van der Waals surface area (Å²) in [6.45, 7) is 5.98. The first kappa shape index (κ1) is 23.7. The second-order valence-corrected chi connectivity index (χ2v) is 9.88. The first-order valence-corrected chi connectivity index (χ1v) is 13.0. The Morgan fingerprint density at radius 2 is 1.62 bits per heavy atom. The van der Waals surface area contributed by atoms with E-state index >= 15 is 0 Å². The number of ether oxygens (including phenoxy) is 1. The standard InChI is InChI=1S/C28H33N7O2/c1-32-24-6-4-3-5-23(24)27(36)33(2)26-25(32)19-29-28(31-26)30-20-7-9-21(10-8-20)34-13-11-22(12-14-34)35-15-17-37-18-16-35/h3-10,19,22H,11-18H2,1-2H3,(H,29,30,31). The van der Waals surface area contributed by atoms with E-state index in [1.165, 1.54) is 18.5 Å². The normalized spacial score (nSPS) is 18.9. The van der Waals surface area contributed by atoms with Gasteiger partial charge in [-0.05, 0) is 49.2 Å². The maximum atomic E-state index is 13.1. The second kappa shape index (κ2) is 9.99. The number of nitrogens with zero attached hydrogens (tertiary/aromatic N) is 6. The van der Waals surface area contributed by atoms with Crippen molar-refractivity contribution in [3.05, 3.63) is 60.3 Å². The zero-order chi connectivity index (χ0) is 25.4. The molecule has 1 amide bonds. The van der Waals surface area contributed by atoms with Crippen LogP contribution in [-0.2, 0) is 4.74 Å². The molecule has 0 spiro atoms. The molecule has 2 saturated heterocycles. The van der Waals surface area contributed by atoms with Crippen LogP contribution in [0.1, 0.15) is 23.2 Å². The molecule has 0 radical (unpaired) electrons. The highest BCUT2D eigenvalue weighted by atomic mass is 16.5. The van der Waals surface area contributed by atoms with Gasteiger partial charge >= 0.3 is 0 Å². The van der Waals surface area contributed by atoms with E-state index in [1.54, 1.807) is 18.1 Å². The van der Waals surface area contributed by atoms with Gasteiger partial charge in [-0.2, -0.15) is 4.98 Å². The van der Waals surface area contributed by atoms with Gasteiger partial charge < -0.3 is 19.9 Å². The van der Waals surface area contributed by atoms with Crippen molar-refractivity contribution < 1.29 is 9.53 Å². The van der Waals surface area contributed by atoms with E-state index in [9.17, 15) is 4.79 Å². The highest BCUT2D eigenvalue weighted by molar-refractivity contribution is 6.12. The van der Waals surface area contributed by atoms with Gasteiger partial charge in [-0.3, -0.25) is 14.6 Å². The molecule has 3 aliphatic rings. The Bertz CT molecular complexity index is 1270. The molecule has 3 aromatic rings. The fraction of sp³-hybridized carbons (Fsp3) is 0.393. The largest absolute Gasteiger partial charge is 0.379 e. The van der Waals surface area contributed by atoms with Gasteiger partial charge in [0, 0.05) is 57.7 Å². The molecular formula is C28H33N7O2. The van der Waals surface area contributed by atoms with Crippen LogP contribution in [0.3, 0.4) is 0 Å². The number of para-hydroxylation sites is 1. The second-order valence-electron chi connectivity index (χ2n) is 9.88. The lowest BCUT2D eigenvalue weighted by atomic mass is 10.0. The first-order chi connectivity index (χ1) is 18.1. The Morgan fingerprint density at radius 3 is 2.38 bits per heavy atom. The molecule has 192 valence electrons. The summed E-state index contributed by atoms with van der Waals surface area (Å²) in [5.41, 5.74) is 4.41. The minimum Gasteiger partial charge on any atom is -0.379 e. The van der Waals surface area contributed by atoms with Crippen molar-refractivity contribution in [2.45, 2.75) is 18.9 Å². The van der Waals surface area contributed by atoms with Crippen LogP contribution in [0.25, 0.3) is 0 Å². The van der Waals surface area contributed by atoms with Crippen molar-refractivity contribution in [2.75, 3.05) is 73.5 Å². The number of anilines is 6. The smallest absolute Gasteiger partial charge is 0.261 e. The van der Waals surface area contributed by atoms with Crippen LogP contribution in [0.15, 0.2) is 54.7 Å². The van der Waals surface area contributed by atoms with Crippen LogP contribution in [0, 0.1) is 0 Å². The first-order valence-electron chi connectivity index (χ1n) is 13.0. The minimum atomic E-state index is -0.0902. The maximum absolute atomic E-state index is 13.1. The average molecular weight is 500 g/mol. The fourth-order valence-electron chi connectivity index (χ4n) is 5.58. The Hall–Kier alpha value is -3.69. The SMILES string of the molecule is CN1C(=O)c2ccccc2N(C)c2cnc(Nc3ccc(N4CCC(N5CCOCC5)CC4)cc3)nc21. The lowest BCUT2D eigenvalue weighted by Crippen LogP contribution is -2.49. The van der Waals surface area contributed by atoms with E-state index in [4.69, 9.17) is 9.72 Å². The molecule has 4 heterocycles. The maximum Gasteiger partial charge on any atom is 0.261 e. The number of morpholine rings is 1. The number of amides is 1. The molecule has 2 fully saturated rings. The Morgan fingerprint density at radius 1 is 0.892 bits per heavy atom. The highest BCUT2D eigenvalue weighted by Gasteiger charge is 2.29. The summed E-state index contributed by atoms with van der Waals surface area (Å²) in [5, 5.41) is 3.31. The Balaban J connectivity index is 1.14. The predicted molar refractivity (Wildman–Crippen MR) is 147 cm³/mol. The molecule has 37 heavy (non-hydrogen) atoms. The number of piperidine rings is 1. The fourth-order valence-corrected chi connectivity index (χ4v) is 5.58. The van der Waals surface area contributed by atoms with Crippen LogP contribution < -0.4 is 20.0 Å². The van der Waals surface area contributed by atoms with Gasteiger partial charge in [0.05, 0.1) is 30.7 Å². The number of hydrogen-bond acceptors (Lipinski definition) is 8. The number of nitrogens with one attached hydrogen (secondary N) is 1. The summed E-state index contributed by atoms with van der Waals surface area (Å²) in [7, 11) is 3.69. The quantitative estimate of drug-likeness (QED) is 0.580. The van der Waals surface area contributed by atoms with Crippen molar-refractivity contribution in [3.63, 3.8) is 0 Å². The summed E-state index contributed by atoms with van der Waals surface area (Å²) < 4.78 is 5.51. The molecule has 0 aliphatic carbocycles. The zero-order valence-electron chi connectivity index (χ0n) is 21.4. The summed E-state index contributed by atoms with van der Waals surface area (Å²) in [5.74, 6) is 0.936. The Kier molecular flexibility index (Phi) is 6.40. The van der Waals surface area contributed by atoms with Crippen molar-refractivity contribution in [2.24, 2.45) is 0 Å². The van der Waals surface area contributed by atoms with E-state index in [0.717, 1.165) is 56.5 Å². The van der Waals surface area contributed by atoms with Gasteiger partial charge in [0.2, 0.25) is 5.95 Å². The molecule has 2 aromatic carbocycles. The summed E-state index contributed by atoms with van der Waals surface area (Å²) in [4.78, 5) is 31.0. The van der Waals surface area contributed by atoms with Gasteiger partial charge in [0.1, 0.15) is 5.69 Å². The Labute approximate surface area is 217 Å². The average Bonchev–Trinajstić information content (AvgIpc) is 3.04. The van der Waals surface area contributed by atoms with E-state index < -0.39 is 0 Å². The molecule has 6 rings (SSSR count). The van der Waals surface area contributed by atoms with Crippen molar-refractivity contribution >= 4 is 40.4 Å². The number of rotatable bonds is 4. The molecular weight excluding hydrogens is 466 g/mol. The van der Waals surface area contributed by atoms with Crippen LogP contribution >= 0.6 is 0 Å². The molecule has 9 heteroatoms. The predicted octanol–water partition coefficient (Wildman–Crippen LogP) is 3.88. The number of fused-ring (bicyclic) bond motifs is 2. The molecule has 0 saturated carbocycles. The van der Waals surface area contributed by atoms with E-state index in [-0.39, 0.29) is 5.91 Å². The van der Waals surface area contributed by atoms with E-state index in [2.05, 4.69) is 44.4 Å². The van der Waals surface area contributed by atoms with Crippen LogP contribution in [0.4, 0.5) is 34.5 Å². The summed E-state index contributed by atoms with van der Waals surface area (Å²) in [6.07, 6.45) is 4.14. The van der Waals surface area contributed by atoms with Crippen molar-refractivity contribution in [3.8, 4) is 0 Å². The van der Waals surface area contributed by atoms with Gasteiger partial charge in [-0.1, -0.05) is 12.1 Å². The lowest BCUT2D eigenvalue weighted by molar-refractivity contribution is 0.0115. The van der Waals surface area contributed by atoms with Gasteiger partial charge in [-0.15, -0.1) is 0 Å². The third-order valence-corrected chi connectivity index (χ3v) is 7.74. The van der Waals surface area contributed by atoms with Gasteiger partial charge in [0.15, 0.2) is 5.82 Å². The van der Waals surface area contributed by atoms with Crippen molar-refractivity contribution in [1.29, 1.82) is 0 Å². The number of carbonyl (C=O) groups excluding carboxylic acids is 1. The molecule has 3 aliphatic heterocycles. The number of carbonyl (C=O) groups is 1. The summed E-state index contributed by atoms with van der Waals surface area (Å²) >= 11 is 0. The van der Waals surface area contributed by atoms with Crippen LogP contribution in [0.5, 0.6) is 0 Å². The minimum absolute atomic E-state index is 0.0902. The highest BCUT2D eigenvalue weighted by Crippen LogP contribution is 2.38. The number of aromatic nitrogens is 2. The molecule has 9 nitrogen and oxygen atoms in total. The van der Waals surface area contributed by atoms with Gasteiger partial charge in [0.25, 0.3) is 5.91 Å². The van der Waals surface area contributed by atoms with Gasteiger partial charge in [-0.25, -0.2) is 4.98 Å². The monoisotopic (exact) mass is 499 g/mol. The molecule has 0 bridgehead atoms. The third kappa shape index (κ3) is 4.60. The zero-order valence-corrected chi connectivity index (χ0v) is 21.4. The molecule has 1 aromatic heterocycles. The topological polar surface area (TPSA) is 77.1 Å². The number of hydrogen-bond donors (Lipinski definition) is 1. The summed E-state index contributed by atoms with van der Waals surface area (Å²) in [6, 6.07) is 16.7. The molecule has 1 N–H and O–H groups in total. The lowest BCUT2D eigenvalue weighted by Gasteiger charge is -2.40. The van der Waals surface area contributed by atoms with E-state index in [1.807, 2.05) is 36.2 Å². The molecule has 0 unspecified atom stereocenters. The van der Waals surface area contributed by atoms with Crippen LogP contribution in [0.2, 0.25) is 0 Å². The van der Waals surface area contributed by atoms with Crippen molar-refractivity contribution in [1.82, 2.24) is 14.9 Å².